The number of benzene rings is 1. The molecule has 1 aliphatic rings. The van der Waals surface area contributed by atoms with Crippen LogP contribution in [0.4, 0.5) is 0 Å². The van der Waals surface area contributed by atoms with Gasteiger partial charge in [-0.15, -0.1) is 0 Å². The van der Waals surface area contributed by atoms with Gasteiger partial charge in [-0.3, -0.25) is 4.79 Å². The van der Waals surface area contributed by atoms with E-state index in [1.54, 1.807) is 0 Å². The van der Waals surface area contributed by atoms with Gasteiger partial charge in [0.25, 0.3) is 0 Å². The zero-order valence-electron chi connectivity index (χ0n) is 11.9. The van der Waals surface area contributed by atoms with Crippen LogP contribution in [-0.2, 0) is 11.2 Å². The normalized spacial score (nSPS) is 23.1. The Morgan fingerprint density at radius 2 is 2.05 bits per heavy atom. The summed E-state index contributed by atoms with van der Waals surface area (Å²) in [6.07, 6.45) is 2.49. The SMILES string of the molecule is Cc1ccc(CCC(=O)NC2CNCC(C)C2)cc1. The molecule has 3 heteroatoms. The van der Waals surface area contributed by atoms with E-state index in [0.29, 0.717) is 18.4 Å². The lowest BCUT2D eigenvalue weighted by Crippen LogP contribution is -2.48. The molecule has 0 radical (unpaired) electrons. The molecule has 1 heterocycles. The number of aryl methyl sites for hydroxylation is 2. The molecule has 0 bridgehead atoms. The lowest BCUT2D eigenvalue weighted by atomic mass is 9.97. The molecule has 0 aliphatic carbocycles. The Labute approximate surface area is 115 Å². The van der Waals surface area contributed by atoms with Gasteiger partial charge in [0.05, 0.1) is 0 Å². The molecule has 2 atom stereocenters. The first-order valence-corrected chi connectivity index (χ1v) is 7.19. The molecule has 2 N–H and O–H groups in total. The van der Waals surface area contributed by atoms with Crippen molar-refractivity contribution in [2.45, 2.75) is 39.2 Å². The number of carbonyl (C=O) groups is 1. The van der Waals surface area contributed by atoms with E-state index in [1.165, 1.54) is 11.1 Å². The van der Waals surface area contributed by atoms with Crippen LogP contribution in [0.15, 0.2) is 24.3 Å². The molecule has 19 heavy (non-hydrogen) atoms. The monoisotopic (exact) mass is 260 g/mol. The topological polar surface area (TPSA) is 41.1 Å². The molecule has 2 rings (SSSR count). The van der Waals surface area contributed by atoms with Gasteiger partial charge in [-0.25, -0.2) is 0 Å². The van der Waals surface area contributed by atoms with Crippen LogP contribution in [0.1, 0.15) is 30.9 Å². The van der Waals surface area contributed by atoms with Crippen LogP contribution in [0.3, 0.4) is 0 Å². The molecule has 3 nitrogen and oxygen atoms in total. The molecule has 0 saturated carbocycles. The van der Waals surface area contributed by atoms with E-state index in [-0.39, 0.29) is 5.91 Å². The second-order valence-electron chi connectivity index (χ2n) is 5.75. The predicted molar refractivity (Wildman–Crippen MR) is 78.1 cm³/mol. The third-order valence-electron chi connectivity index (χ3n) is 3.70. The highest BCUT2D eigenvalue weighted by Crippen LogP contribution is 2.10. The van der Waals surface area contributed by atoms with Gasteiger partial charge in [-0.2, -0.15) is 0 Å². The summed E-state index contributed by atoms with van der Waals surface area (Å²) < 4.78 is 0. The first kappa shape index (κ1) is 14.1. The van der Waals surface area contributed by atoms with E-state index in [1.807, 2.05) is 0 Å². The van der Waals surface area contributed by atoms with Crippen molar-refractivity contribution in [3.63, 3.8) is 0 Å². The number of hydrogen-bond donors (Lipinski definition) is 2. The highest BCUT2D eigenvalue weighted by Gasteiger charge is 2.19. The van der Waals surface area contributed by atoms with E-state index in [0.717, 1.165) is 25.9 Å². The Balaban J connectivity index is 1.73. The number of piperidine rings is 1. The van der Waals surface area contributed by atoms with Crippen LogP contribution in [0.25, 0.3) is 0 Å². The standard InChI is InChI=1S/C16H24N2O/c1-12-3-5-14(6-4-12)7-8-16(19)18-15-9-13(2)10-17-11-15/h3-6,13,15,17H,7-11H2,1-2H3,(H,18,19). The van der Waals surface area contributed by atoms with Crippen molar-refractivity contribution in [1.29, 1.82) is 0 Å². The first-order valence-electron chi connectivity index (χ1n) is 7.19. The smallest absolute Gasteiger partial charge is 0.220 e. The second kappa shape index (κ2) is 6.71. The molecule has 1 fully saturated rings. The molecule has 1 aromatic rings. The van der Waals surface area contributed by atoms with Gasteiger partial charge in [0.15, 0.2) is 0 Å². The third kappa shape index (κ3) is 4.67. The minimum Gasteiger partial charge on any atom is -0.352 e. The van der Waals surface area contributed by atoms with Crippen molar-refractivity contribution < 1.29 is 4.79 Å². The average Bonchev–Trinajstić information content (AvgIpc) is 2.38. The molecule has 1 amide bonds. The van der Waals surface area contributed by atoms with Crippen LogP contribution in [0, 0.1) is 12.8 Å². The van der Waals surface area contributed by atoms with Crippen molar-refractivity contribution in [2.24, 2.45) is 5.92 Å². The van der Waals surface area contributed by atoms with Crippen LogP contribution in [-0.4, -0.2) is 25.0 Å². The minimum absolute atomic E-state index is 0.168. The fourth-order valence-corrected chi connectivity index (χ4v) is 2.58. The Morgan fingerprint density at radius 1 is 1.32 bits per heavy atom. The van der Waals surface area contributed by atoms with Gasteiger partial charge in [-0.1, -0.05) is 36.8 Å². The molecule has 2 unspecified atom stereocenters. The van der Waals surface area contributed by atoms with Crippen molar-refractivity contribution in [1.82, 2.24) is 10.6 Å². The van der Waals surface area contributed by atoms with Crippen molar-refractivity contribution in [3.05, 3.63) is 35.4 Å². The lowest BCUT2D eigenvalue weighted by Gasteiger charge is -2.28. The van der Waals surface area contributed by atoms with Crippen LogP contribution >= 0.6 is 0 Å². The molecule has 104 valence electrons. The average molecular weight is 260 g/mol. The third-order valence-corrected chi connectivity index (χ3v) is 3.70. The number of rotatable bonds is 4. The molecule has 1 saturated heterocycles. The molecule has 0 spiro atoms. The first-order chi connectivity index (χ1) is 9.13. The number of hydrogen-bond acceptors (Lipinski definition) is 2. The van der Waals surface area contributed by atoms with Crippen LogP contribution in [0.5, 0.6) is 0 Å². The summed E-state index contributed by atoms with van der Waals surface area (Å²) in [4.78, 5) is 11.9. The van der Waals surface area contributed by atoms with E-state index >= 15 is 0 Å². The van der Waals surface area contributed by atoms with E-state index in [4.69, 9.17) is 0 Å². The van der Waals surface area contributed by atoms with Crippen molar-refractivity contribution in [3.8, 4) is 0 Å². The highest BCUT2D eigenvalue weighted by molar-refractivity contribution is 5.76. The zero-order chi connectivity index (χ0) is 13.7. The van der Waals surface area contributed by atoms with Crippen LogP contribution in [0.2, 0.25) is 0 Å². The van der Waals surface area contributed by atoms with E-state index in [9.17, 15) is 4.79 Å². The van der Waals surface area contributed by atoms with Gasteiger partial charge in [0, 0.05) is 19.0 Å². The number of nitrogens with one attached hydrogen (secondary N) is 2. The quantitative estimate of drug-likeness (QED) is 0.870. The Kier molecular flexibility index (Phi) is 4.97. The molecule has 0 aromatic heterocycles. The number of carbonyl (C=O) groups excluding carboxylic acids is 1. The van der Waals surface area contributed by atoms with Gasteiger partial charge in [0.2, 0.25) is 5.91 Å². The molecular weight excluding hydrogens is 236 g/mol. The van der Waals surface area contributed by atoms with E-state index in [2.05, 4.69) is 48.7 Å². The second-order valence-corrected chi connectivity index (χ2v) is 5.75. The van der Waals surface area contributed by atoms with E-state index < -0.39 is 0 Å². The van der Waals surface area contributed by atoms with Gasteiger partial charge in [-0.05, 0) is 37.8 Å². The Hall–Kier alpha value is -1.35. The van der Waals surface area contributed by atoms with Crippen molar-refractivity contribution >= 4 is 5.91 Å². The summed E-state index contributed by atoms with van der Waals surface area (Å²) in [7, 11) is 0. The predicted octanol–water partition coefficient (Wildman–Crippen LogP) is 2.04. The fraction of sp³-hybridized carbons (Fsp3) is 0.562. The zero-order valence-corrected chi connectivity index (χ0v) is 11.9. The molecular formula is C16H24N2O. The summed E-state index contributed by atoms with van der Waals surface area (Å²) in [5.41, 5.74) is 2.49. The Morgan fingerprint density at radius 3 is 2.74 bits per heavy atom. The number of amides is 1. The maximum Gasteiger partial charge on any atom is 0.220 e. The highest BCUT2D eigenvalue weighted by atomic mass is 16.1. The summed E-state index contributed by atoms with van der Waals surface area (Å²) in [5.74, 6) is 0.817. The fourth-order valence-electron chi connectivity index (χ4n) is 2.58. The lowest BCUT2D eigenvalue weighted by molar-refractivity contribution is -0.121. The van der Waals surface area contributed by atoms with Gasteiger partial charge < -0.3 is 10.6 Å². The van der Waals surface area contributed by atoms with Gasteiger partial charge in [0.1, 0.15) is 0 Å². The summed E-state index contributed by atoms with van der Waals surface area (Å²) in [5, 5.41) is 6.48. The molecule has 1 aromatic carbocycles. The van der Waals surface area contributed by atoms with Crippen molar-refractivity contribution in [2.75, 3.05) is 13.1 Å². The molecule has 1 aliphatic heterocycles. The summed E-state index contributed by atoms with van der Waals surface area (Å²) in [6, 6.07) is 8.70. The maximum absolute atomic E-state index is 11.9. The summed E-state index contributed by atoms with van der Waals surface area (Å²) in [6.45, 7) is 6.27. The Bertz CT molecular complexity index is 413. The maximum atomic E-state index is 11.9. The minimum atomic E-state index is 0.168. The van der Waals surface area contributed by atoms with Crippen LogP contribution < -0.4 is 10.6 Å². The summed E-state index contributed by atoms with van der Waals surface area (Å²) >= 11 is 0. The van der Waals surface area contributed by atoms with Gasteiger partial charge >= 0.3 is 0 Å². The largest absolute Gasteiger partial charge is 0.352 e.